The molecule has 2 aromatic rings. The minimum absolute atomic E-state index is 0.288. The van der Waals surface area contributed by atoms with Gasteiger partial charge in [-0.05, 0) is 17.7 Å². The molecule has 0 amide bonds. The van der Waals surface area contributed by atoms with Gasteiger partial charge in [-0.2, -0.15) is 0 Å². The summed E-state index contributed by atoms with van der Waals surface area (Å²) in [6.45, 7) is 0. The van der Waals surface area contributed by atoms with Gasteiger partial charge in [-0.25, -0.2) is 5.43 Å². The Morgan fingerprint density at radius 2 is 1.57 bits per heavy atom. The topological polar surface area (TPSA) is 47.3 Å². The molecule has 0 bridgehead atoms. The lowest BCUT2D eigenvalue weighted by Crippen LogP contribution is -2.30. The number of benzene rings is 2. The summed E-state index contributed by atoms with van der Waals surface area (Å²) >= 11 is 3.36. The van der Waals surface area contributed by atoms with Crippen molar-refractivity contribution in [2.45, 2.75) is 12.4 Å². The van der Waals surface area contributed by atoms with E-state index >= 15 is 0 Å². The first-order valence-electron chi connectivity index (χ1n) is 5.97. The Morgan fingerprint density at radius 1 is 1.00 bits per heavy atom. The molecular formula is C14H12BrF3N2O. The molecule has 112 valence electrons. The van der Waals surface area contributed by atoms with E-state index in [2.05, 4.69) is 26.1 Å². The predicted molar refractivity (Wildman–Crippen MR) is 76.4 cm³/mol. The maximum Gasteiger partial charge on any atom is 0.573 e. The summed E-state index contributed by atoms with van der Waals surface area (Å²) in [6, 6.07) is 12.4. The van der Waals surface area contributed by atoms with E-state index in [4.69, 9.17) is 5.84 Å². The summed E-state index contributed by atoms with van der Waals surface area (Å²) < 4.78 is 42.3. The van der Waals surface area contributed by atoms with Gasteiger partial charge in [0.1, 0.15) is 5.75 Å². The Morgan fingerprint density at radius 3 is 2.14 bits per heavy atom. The van der Waals surface area contributed by atoms with Gasteiger partial charge in [0.05, 0.1) is 6.04 Å². The maximum absolute atomic E-state index is 12.5. The summed E-state index contributed by atoms with van der Waals surface area (Å²) in [5.41, 5.74) is 3.53. The second-order valence-electron chi connectivity index (χ2n) is 4.21. The maximum atomic E-state index is 12.5. The highest BCUT2D eigenvalue weighted by atomic mass is 79.9. The number of hydrogen-bond donors (Lipinski definition) is 2. The third-order valence-corrected chi connectivity index (χ3v) is 3.56. The van der Waals surface area contributed by atoms with Crippen LogP contribution in [0.2, 0.25) is 0 Å². The average Bonchev–Trinajstić information content (AvgIpc) is 2.42. The quantitative estimate of drug-likeness (QED) is 0.642. The number of rotatable bonds is 4. The number of nitrogens with two attached hydrogens (primary N) is 1. The van der Waals surface area contributed by atoms with E-state index < -0.39 is 12.4 Å². The first-order chi connectivity index (χ1) is 9.92. The van der Waals surface area contributed by atoms with Crippen molar-refractivity contribution >= 4 is 15.9 Å². The van der Waals surface area contributed by atoms with Gasteiger partial charge in [-0.3, -0.25) is 5.84 Å². The molecule has 0 aliphatic carbocycles. The molecule has 2 rings (SSSR count). The van der Waals surface area contributed by atoms with Gasteiger partial charge in [-0.15, -0.1) is 13.2 Å². The molecule has 3 N–H and O–H groups in total. The van der Waals surface area contributed by atoms with Crippen molar-refractivity contribution < 1.29 is 17.9 Å². The standard InChI is InChI=1S/C14H12BrF3N2O/c15-11-7-3-1-5-9(11)13(20-19)10-6-2-4-8-12(10)21-14(16,17)18/h1-8,13,20H,19H2. The summed E-state index contributed by atoms with van der Waals surface area (Å²) in [6.07, 6.45) is -4.76. The molecule has 1 unspecified atom stereocenters. The summed E-state index contributed by atoms with van der Waals surface area (Å²) in [5.74, 6) is 5.24. The minimum atomic E-state index is -4.76. The largest absolute Gasteiger partial charge is 0.573 e. The highest BCUT2D eigenvalue weighted by Gasteiger charge is 2.33. The molecule has 0 saturated heterocycles. The van der Waals surface area contributed by atoms with Crippen LogP contribution in [0.3, 0.4) is 0 Å². The number of hydrazine groups is 1. The zero-order valence-electron chi connectivity index (χ0n) is 10.7. The smallest absolute Gasteiger partial charge is 0.405 e. The zero-order valence-corrected chi connectivity index (χ0v) is 12.3. The lowest BCUT2D eigenvalue weighted by atomic mass is 9.98. The van der Waals surface area contributed by atoms with Gasteiger partial charge in [0.25, 0.3) is 0 Å². The van der Waals surface area contributed by atoms with Crippen LogP contribution in [0.15, 0.2) is 53.0 Å². The van der Waals surface area contributed by atoms with Gasteiger partial charge in [0.15, 0.2) is 0 Å². The van der Waals surface area contributed by atoms with Crippen LogP contribution >= 0.6 is 15.9 Å². The second kappa shape index (κ2) is 6.46. The Hall–Kier alpha value is -1.57. The zero-order chi connectivity index (χ0) is 15.5. The number of ether oxygens (including phenoxy) is 1. The predicted octanol–water partition coefficient (Wildman–Crippen LogP) is 3.90. The average molecular weight is 361 g/mol. The lowest BCUT2D eigenvalue weighted by molar-refractivity contribution is -0.275. The molecule has 7 heteroatoms. The van der Waals surface area contributed by atoms with E-state index in [1.54, 1.807) is 30.3 Å². The van der Waals surface area contributed by atoms with Crippen molar-refractivity contribution in [1.29, 1.82) is 0 Å². The van der Waals surface area contributed by atoms with Crippen LogP contribution in [0.1, 0.15) is 17.2 Å². The van der Waals surface area contributed by atoms with Gasteiger partial charge in [0.2, 0.25) is 0 Å². The number of hydrogen-bond acceptors (Lipinski definition) is 3. The number of halogens is 4. The van der Waals surface area contributed by atoms with Crippen LogP contribution in [0.5, 0.6) is 5.75 Å². The number of alkyl halides is 3. The Labute approximate surface area is 128 Å². The second-order valence-corrected chi connectivity index (χ2v) is 5.06. The van der Waals surface area contributed by atoms with E-state index in [0.717, 1.165) is 4.47 Å². The third kappa shape index (κ3) is 3.96. The molecule has 2 aromatic carbocycles. The first kappa shape index (κ1) is 15.8. The van der Waals surface area contributed by atoms with Crippen LogP contribution in [-0.4, -0.2) is 6.36 Å². The van der Waals surface area contributed by atoms with Crippen LogP contribution < -0.4 is 16.0 Å². The fourth-order valence-electron chi connectivity index (χ4n) is 1.99. The molecule has 0 fully saturated rings. The molecule has 21 heavy (non-hydrogen) atoms. The van der Waals surface area contributed by atoms with Crippen molar-refractivity contribution in [2.24, 2.45) is 5.84 Å². The van der Waals surface area contributed by atoms with Crippen LogP contribution in [0, 0.1) is 0 Å². The molecule has 1 atom stereocenters. The van der Waals surface area contributed by atoms with Gasteiger partial charge in [-0.1, -0.05) is 52.3 Å². The summed E-state index contributed by atoms with van der Waals surface area (Å²) in [7, 11) is 0. The van der Waals surface area contributed by atoms with E-state index in [-0.39, 0.29) is 5.75 Å². The SMILES string of the molecule is NNC(c1ccccc1Br)c1ccccc1OC(F)(F)F. The Bertz CT molecular complexity index is 619. The molecule has 0 aromatic heterocycles. The van der Waals surface area contributed by atoms with E-state index in [0.29, 0.717) is 11.1 Å². The molecule has 0 saturated carbocycles. The number of para-hydroxylation sites is 1. The van der Waals surface area contributed by atoms with Gasteiger partial charge < -0.3 is 4.74 Å². The van der Waals surface area contributed by atoms with Crippen molar-refractivity contribution in [2.75, 3.05) is 0 Å². The van der Waals surface area contributed by atoms with Crippen molar-refractivity contribution in [3.05, 3.63) is 64.1 Å². The number of nitrogens with one attached hydrogen (secondary N) is 1. The van der Waals surface area contributed by atoms with Crippen molar-refractivity contribution in [1.82, 2.24) is 5.43 Å². The Balaban J connectivity index is 2.46. The highest BCUT2D eigenvalue weighted by molar-refractivity contribution is 9.10. The van der Waals surface area contributed by atoms with Gasteiger partial charge >= 0.3 is 6.36 Å². The fraction of sp³-hybridized carbons (Fsp3) is 0.143. The van der Waals surface area contributed by atoms with Crippen LogP contribution in [0.25, 0.3) is 0 Å². The molecule has 0 aliphatic heterocycles. The Kier molecular flexibility index (Phi) is 4.87. The fourth-order valence-corrected chi connectivity index (χ4v) is 2.51. The lowest BCUT2D eigenvalue weighted by Gasteiger charge is -2.21. The molecule has 0 radical (unpaired) electrons. The summed E-state index contributed by atoms with van der Waals surface area (Å²) in [5, 5.41) is 0. The molecular weight excluding hydrogens is 349 g/mol. The van der Waals surface area contributed by atoms with E-state index in [1.807, 2.05) is 0 Å². The van der Waals surface area contributed by atoms with Crippen LogP contribution in [-0.2, 0) is 0 Å². The molecule has 0 heterocycles. The summed E-state index contributed by atoms with van der Waals surface area (Å²) in [4.78, 5) is 0. The molecule has 3 nitrogen and oxygen atoms in total. The van der Waals surface area contributed by atoms with E-state index in [1.165, 1.54) is 18.2 Å². The first-order valence-corrected chi connectivity index (χ1v) is 6.77. The van der Waals surface area contributed by atoms with Crippen molar-refractivity contribution in [3.8, 4) is 5.75 Å². The minimum Gasteiger partial charge on any atom is -0.405 e. The molecule has 0 aliphatic rings. The third-order valence-electron chi connectivity index (χ3n) is 2.84. The monoisotopic (exact) mass is 360 g/mol. The van der Waals surface area contributed by atoms with Crippen LogP contribution in [0.4, 0.5) is 13.2 Å². The van der Waals surface area contributed by atoms with E-state index in [9.17, 15) is 13.2 Å². The van der Waals surface area contributed by atoms with Gasteiger partial charge in [0, 0.05) is 10.0 Å². The molecule has 0 spiro atoms. The highest BCUT2D eigenvalue weighted by Crippen LogP contribution is 2.35. The van der Waals surface area contributed by atoms with Crippen molar-refractivity contribution in [3.63, 3.8) is 0 Å². The normalized spacial score (nSPS) is 13.0.